The van der Waals surface area contributed by atoms with Gasteiger partial charge < -0.3 is 26.0 Å². The van der Waals surface area contributed by atoms with Gasteiger partial charge in [0.1, 0.15) is 17.7 Å². The maximum Gasteiger partial charge on any atom is 0.408 e. The highest BCUT2D eigenvalue weighted by molar-refractivity contribution is 6.00. The third-order valence-electron chi connectivity index (χ3n) is 5.53. The van der Waals surface area contributed by atoms with E-state index in [1.807, 2.05) is 51.1 Å². The monoisotopic (exact) mass is 522 g/mol. The van der Waals surface area contributed by atoms with Crippen molar-refractivity contribution < 1.29 is 23.9 Å². The van der Waals surface area contributed by atoms with E-state index in [2.05, 4.69) is 17.2 Å². The number of anilines is 1. The molecule has 0 aliphatic heterocycles. The lowest BCUT2D eigenvalue weighted by molar-refractivity contribution is -0.141. The predicted molar refractivity (Wildman–Crippen MR) is 147 cm³/mol. The molecule has 0 saturated heterocycles. The zero-order valence-corrected chi connectivity index (χ0v) is 23.0. The van der Waals surface area contributed by atoms with Crippen LogP contribution >= 0.6 is 0 Å². The molecule has 2 aromatic rings. The molecule has 2 atom stereocenters. The summed E-state index contributed by atoms with van der Waals surface area (Å²) in [6.07, 6.45) is 0.108. The van der Waals surface area contributed by atoms with E-state index in [0.29, 0.717) is 11.3 Å². The van der Waals surface area contributed by atoms with Crippen LogP contribution in [0.4, 0.5) is 10.5 Å². The number of hydrogen-bond donors (Lipinski definition) is 3. The third kappa shape index (κ3) is 8.76. The summed E-state index contributed by atoms with van der Waals surface area (Å²) < 4.78 is 5.28. The average Bonchev–Trinajstić information content (AvgIpc) is 2.77. The molecule has 9 heteroatoms. The normalized spacial score (nSPS) is 12.6. The molecule has 0 radical (unpaired) electrons. The van der Waals surface area contributed by atoms with Crippen LogP contribution in [0.15, 0.2) is 55.1 Å². The van der Waals surface area contributed by atoms with Crippen LogP contribution in [0.25, 0.3) is 0 Å². The molecular formula is C29H38N4O5. The second-order valence-electron chi connectivity index (χ2n) is 10.3. The summed E-state index contributed by atoms with van der Waals surface area (Å²) in [5.74, 6) is -1.95. The van der Waals surface area contributed by atoms with Crippen molar-refractivity contribution in [1.29, 1.82) is 0 Å². The number of primary amides is 1. The fourth-order valence-corrected chi connectivity index (χ4v) is 4.07. The van der Waals surface area contributed by atoms with Crippen molar-refractivity contribution in [3.05, 3.63) is 77.4 Å². The molecule has 2 unspecified atom stereocenters. The van der Waals surface area contributed by atoms with Gasteiger partial charge in [0.25, 0.3) is 5.91 Å². The number of alkyl carbamates (subject to hydrolysis) is 1. The van der Waals surface area contributed by atoms with Gasteiger partial charge in [-0.05, 0) is 58.7 Å². The second kappa shape index (κ2) is 12.9. The van der Waals surface area contributed by atoms with Gasteiger partial charge in [-0.2, -0.15) is 0 Å². The minimum absolute atomic E-state index is 0.0387. The number of ether oxygens (including phenoxy) is 1. The van der Waals surface area contributed by atoms with Crippen molar-refractivity contribution >= 4 is 29.5 Å². The maximum atomic E-state index is 13.9. The number of carbonyl (C=O) groups is 4. The maximum absolute atomic E-state index is 13.9. The number of nitrogens with two attached hydrogens (primary N) is 1. The molecule has 0 aromatic heterocycles. The molecule has 0 heterocycles. The molecule has 204 valence electrons. The zero-order valence-electron chi connectivity index (χ0n) is 23.0. The standard InChI is InChI=1S/C29H38N4O5/c1-8-13-33(27(36)23(17-24(30)34)32-28(37)38-29(5,6)7)25(21-15-18(2)14-19(3)16-21)26(35)31-22-12-10-9-11-20(22)4/h8-12,14-16,23,25H,1,13,17H2,2-7H3,(H2,30,34)(H,31,35)(H,32,37). The van der Waals surface area contributed by atoms with Gasteiger partial charge in [-0.25, -0.2) is 4.79 Å². The van der Waals surface area contributed by atoms with Crippen LogP contribution in [0.3, 0.4) is 0 Å². The Hall–Kier alpha value is -4.14. The molecule has 0 spiro atoms. The fraction of sp³-hybridized carbons (Fsp3) is 0.379. The van der Waals surface area contributed by atoms with Crippen LogP contribution < -0.4 is 16.4 Å². The average molecular weight is 523 g/mol. The van der Waals surface area contributed by atoms with Crippen molar-refractivity contribution in [1.82, 2.24) is 10.2 Å². The van der Waals surface area contributed by atoms with Gasteiger partial charge in [0, 0.05) is 12.2 Å². The van der Waals surface area contributed by atoms with Crippen LogP contribution in [0.1, 0.15) is 55.5 Å². The summed E-state index contributed by atoms with van der Waals surface area (Å²) in [4.78, 5) is 53.4. The van der Waals surface area contributed by atoms with Crippen LogP contribution in [0.2, 0.25) is 0 Å². The molecule has 2 aromatic carbocycles. The number of nitrogens with zero attached hydrogens (tertiary/aromatic N) is 1. The van der Waals surface area contributed by atoms with Crippen molar-refractivity contribution in [3.63, 3.8) is 0 Å². The number of amides is 4. The van der Waals surface area contributed by atoms with Gasteiger partial charge in [0.2, 0.25) is 11.8 Å². The first-order valence-electron chi connectivity index (χ1n) is 12.4. The number of nitrogens with one attached hydrogen (secondary N) is 2. The largest absolute Gasteiger partial charge is 0.444 e. The Bertz CT molecular complexity index is 1180. The van der Waals surface area contributed by atoms with E-state index >= 15 is 0 Å². The highest BCUT2D eigenvalue weighted by atomic mass is 16.6. The first-order chi connectivity index (χ1) is 17.7. The quantitative estimate of drug-likeness (QED) is 0.405. The lowest BCUT2D eigenvalue weighted by Gasteiger charge is -2.34. The van der Waals surface area contributed by atoms with E-state index < -0.39 is 47.9 Å². The van der Waals surface area contributed by atoms with Crippen molar-refractivity contribution in [2.75, 3.05) is 11.9 Å². The second-order valence-corrected chi connectivity index (χ2v) is 10.3. The first-order valence-corrected chi connectivity index (χ1v) is 12.4. The topological polar surface area (TPSA) is 131 Å². The Labute approximate surface area is 224 Å². The number of para-hydroxylation sites is 1. The fourth-order valence-electron chi connectivity index (χ4n) is 4.07. The van der Waals surface area contributed by atoms with Gasteiger partial charge in [0.05, 0.1) is 6.42 Å². The highest BCUT2D eigenvalue weighted by Gasteiger charge is 2.36. The molecule has 0 fully saturated rings. The van der Waals surface area contributed by atoms with Crippen molar-refractivity contribution in [2.24, 2.45) is 5.73 Å². The Morgan fingerprint density at radius 2 is 1.66 bits per heavy atom. The molecule has 9 nitrogen and oxygen atoms in total. The van der Waals surface area contributed by atoms with E-state index in [0.717, 1.165) is 16.7 Å². The van der Waals surface area contributed by atoms with E-state index in [9.17, 15) is 19.2 Å². The van der Waals surface area contributed by atoms with E-state index in [-0.39, 0.29) is 6.54 Å². The van der Waals surface area contributed by atoms with Crippen molar-refractivity contribution in [2.45, 2.75) is 65.6 Å². The molecule has 0 saturated carbocycles. The minimum Gasteiger partial charge on any atom is -0.444 e. The molecule has 38 heavy (non-hydrogen) atoms. The molecule has 4 amide bonds. The van der Waals surface area contributed by atoms with Crippen molar-refractivity contribution in [3.8, 4) is 0 Å². The van der Waals surface area contributed by atoms with Gasteiger partial charge in [-0.15, -0.1) is 6.58 Å². The number of hydrogen-bond acceptors (Lipinski definition) is 5. The number of carbonyl (C=O) groups excluding carboxylic acids is 4. The smallest absolute Gasteiger partial charge is 0.408 e. The molecule has 0 aliphatic carbocycles. The van der Waals surface area contributed by atoms with E-state index in [4.69, 9.17) is 10.5 Å². The first kappa shape index (κ1) is 30.1. The summed E-state index contributed by atoms with van der Waals surface area (Å²) >= 11 is 0. The predicted octanol–water partition coefficient (Wildman–Crippen LogP) is 4.07. The lowest BCUT2D eigenvalue weighted by atomic mass is 9.98. The number of rotatable bonds is 10. The SMILES string of the molecule is C=CCN(C(=O)C(CC(N)=O)NC(=O)OC(C)(C)C)C(C(=O)Nc1ccccc1C)c1cc(C)cc(C)c1. The molecule has 2 rings (SSSR count). The third-order valence-corrected chi connectivity index (χ3v) is 5.53. The van der Waals surface area contributed by atoms with Gasteiger partial charge in [0.15, 0.2) is 0 Å². The van der Waals surface area contributed by atoms with Crippen LogP contribution in [-0.2, 0) is 19.1 Å². The molecule has 0 bridgehead atoms. The summed E-state index contributed by atoms with van der Waals surface area (Å²) in [5.41, 5.74) is 8.40. The Morgan fingerprint density at radius 1 is 1.05 bits per heavy atom. The Balaban J connectivity index is 2.57. The van der Waals surface area contributed by atoms with Gasteiger partial charge >= 0.3 is 6.09 Å². The summed E-state index contributed by atoms with van der Waals surface area (Å²) in [5, 5.41) is 5.37. The minimum atomic E-state index is -1.36. The number of aryl methyl sites for hydroxylation is 3. The van der Waals surface area contributed by atoms with Crippen LogP contribution in [0, 0.1) is 20.8 Å². The van der Waals surface area contributed by atoms with Crippen LogP contribution in [-0.4, -0.2) is 46.9 Å². The zero-order chi connectivity index (χ0) is 28.6. The highest BCUT2D eigenvalue weighted by Crippen LogP contribution is 2.27. The van der Waals surface area contributed by atoms with E-state index in [1.54, 1.807) is 32.9 Å². The Morgan fingerprint density at radius 3 is 2.18 bits per heavy atom. The number of benzene rings is 2. The summed E-state index contributed by atoms with van der Waals surface area (Å²) in [6, 6.07) is 10.4. The van der Waals surface area contributed by atoms with E-state index in [1.165, 1.54) is 11.0 Å². The van der Waals surface area contributed by atoms with Crippen LogP contribution in [0.5, 0.6) is 0 Å². The molecule has 0 aliphatic rings. The lowest BCUT2D eigenvalue weighted by Crippen LogP contribution is -2.53. The van der Waals surface area contributed by atoms with Gasteiger partial charge in [-0.1, -0.05) is 53.6 Å². The Kier molecular flexibility index (Phi) is 10.2. The molecule has 4 N–H and O–H groups in total. The molecular weight excluding hydrogens is 484 g/mol. The summed E-state index contributed by atoms with van der Waals surface area (Å²) in [6.45, 7) is 14.4. The summed E-state index contributed by atoms with van der Waals surface area (Å²) in [7, 11) is 0. The van der Waals surface area contributed by atoms with Gasteiger partial charge in [-0.3, -0.25) is 14.4 Å².